The van der Waals surface area contributed by atoms with Crippen LogP contribution in [0.4, 0.5) is 0 Å². The Kier molecular flexibility index (Phi) is 6.85. The van der Waals surface area contributed by atoms with Gasteiger partial charge in [-0.3, -0.25) is 0 Å². The summed E-state index contributed by atoms with van der Waals surface area (Å²) < 4.78 is 45.7. The normalized spacial score (nSPS) is 19.6. The number of methoxy groups -OCH3 is 3. The molecule has 2 heterocycles. The number of nitrogens with zero attached hydrogens (tertiary/aromatic N) is 2. The average Bonchev–Trinajstić information content (AvgIpc) is 3.03. The quantitative estimate of drug-likeness (QED) is 0.721. The highest BCUT2D eigenvalue weighted by atomic mass is 32.2. The lowest BCUT2D eigenvalue weighted by molar-refractivity contribution is 0.352. The van der Waals surface area contributed by atoms with Gasteiger partial charge < -0.3 is 14.2 Å². The van der Waals surface area contributed by atoms with Crippen LogP contribution in [0.25, 0.3) is 5.57 Å². The van der Waals surface area contributed by atoms with Gasteiger partial charge in [0.15, 0.2) is 0 Å². The van der Waals surface area contributed by atoms with E-state index in [9.17, 15) is 8.42 Å². The minimum absolute atomic E-state index is 0.354. The van der Waals surface area contributed by atoms with Gasteiger partial charge in [0, 0.05) is 38.3 Å². The first-order valence-corrected chi connectivity index (χ1v) is 11.2. The van der Waals surface area contributed by atoms with Crippen LogP contribution in [0.15, 0.2) is 18.2 Å². The van der Waals surface area contributed by atoms with Gasteiger partial charge in [-0.1, -0.05) is 18.9 Å². The monoisotopic (exact) mass is 410 g/mol. The molecule has 8 heteroatoms. The second-order valence-corrected chi connectivity index (χ2v) is 8.99. The van der Waals surface area contributed by atoms with Crippen molar-refractivity contribution in [3.8, 4) is 17.2 Å². The summed E-state index contributed by atoms with van der Waals surface area (Å²) in [5.41, 5.74) is 1.89. The first-order valence-electron chi connectivity index (χ1n) is 9.76. The maximum atomic E-state index is 13.0. The Morgan fingerprint density at radius 2 is 1.43 bits per heavy atom. The molecular formula is C20H30N2O5S. The molecule has 2 aliphatic rings. The zero-order valence-electron chi connectivity index (χ0n) is 16.9. The zero-order valence-corrected chi connectivity index (χ0v) is 17.8. The summed E-state index contributed by atoms with van der Waals surface area (Å²) >= 11 is 0. The number of rotatable bonds is 6. The minimum atomic E-state index is -3.42. The Bertz CT molecular complexity index is 789. The van der Waals surface area contributed by atoms with Gasteiger partial charge in [0.25, 0.3) is 10.2 Å². The molecule has 28 heavy (non-hydrogen) atoms. The van der Waals surface area contributed by atoms with E-state index in [1.165, 1.54) is 0 Å². The van der Waals surface area contributed by atoms with E-state index in [4.69, 9.17) is 14.2 Å². The van der Waals surface area contributed by atoms with Crippen LogP contribution in [0.5, 0.6) is 17.2 Å². The molecule has 0 radical (unpaired) electrons. The van der Waals surface area contributed by atoms with Crippen LogP contribution in [0.1, 0.15) is 37.7 Å². The highest BCUT2D eigenvalue weighted by Gasteiger charge is 2.32. The van der Waals surface area contributed by atoms with Crippen LogP contribution >= 0.6 is 0 Å². The molecular weight excluding hydrogens is 380 g/mol. The van der Waals surface area contributed by atoms with Crippen molar-refractivity contribution in [3.63, 3.8) is 0 Å². The lowest BCUT2D eigenvalue weighted by atomic mass is 9.98. The van der Waals surface area contributed by atoms with Crippen molar-refractivity contribution >= 4 is 15.8 Å². The van der Waals surface area contributed by atoms with E-state index >= 15 is 0 Å². The molecule has 0 spiro atoms. The SMILES string of the molecule is COc1cc(OC)c(C2=CCN(S(=O)(=O)N3CCCCCC3)CC2)c(OC)c1. The van der Waals surface area contributed by atoms with Crippen LogP contribution in [-0.4, -0.2) is 64.5 Å². The zero-order chi connectivity index (χ0) is 20.1. The van der Waals surface area contributed by atoms with Gasteiger partial charge in [-0.05, 0) is 24.8 Å². The minimum Gasteiger partial charge on any atom is -0.496 e. The van der Waals surface area contributed by atoms with E-state index in [1.807, 2.05) is 18.2 Å². The molecule has 1 aromatic carbocycles. The van der Waals surface area contributed by atoms with Crippen molar-refractivity contribution < 1.29 is 22.6 Å². The molecule has 1 fully saturated rings. The first kappa shape index (κ1) is 21.0. The summed E-state index contributed by atoms with van der Waals surface area (Å²) in [4.78, 5) is 0. The molecule has 0 saturated carbocycles. The lowest BCUT2D eigenvalue weighted by Gasteiger charge is -2.31. The molecule has 156 valence electrons. The van der Waals surface area contributed by atoms with Gasteiger partial charge in [0.1, 0.15) is 17.2 Å². The van der Waals surface area contributed by atoms with Crippen molar-refractivity contribution in [1.82, 2.24) is 8.61 Å². The van der Waals surface area contributed by atoms with E-state index < -0.39 is 10.2 Å². The van der Waals surface area contributed by atoms with Crippen LogP contribution in [-0.2, 0) is 10.2 Å². The van der Waals surface area contributed by atoms with Crippen LogP contribution in [0.2, 0.25) is 0 Å². The first-order chi connectivity index (χ1) is 13.5. The van der Waals surface area contributed by atoms with E-state index in [1.54, 1.807) is 29.9 Å². The molecule has 0 N–H and O–H groups in total. The van der Waals surface area contributed by atoms with Crippen LogP contribution < -0.4 is 14.2 Å². The summed E-state index contributed by atoms with van der Waals surface area (Å²) in [6.45, 7) is 2.04. The highest BCUT2D eigenvalue weighted by Crippen LogP contribution is 2.41. The molecule has 7 nitrogen and oxygen atoms in total. The van der Waals surface area contributed by atoms with E-state index in [2.05, 4.69) is 0 Å². The second-order valence-electron chi connectivity index (χ2n) is 7.07. The molecule has 0 aromatic heterocycles. The maximum Gasteiger partial charge on any atom is 0.282 e. The van der Waals surface area contributed by atoms with Crippen molar-refractivity contribution in [2.75, 3.05) is 47.5 Å². The van der Waals surface area contributed by atoms with Gasteiger partial charge in [0.05, 0.1) is 26.9 Å². The Labute approximate surface area is 168 Å². The summed E-state index contributed by atoms with van der Waals surface area (Å²) in [6.07, 6.45) is 6.65. The van der Waals surface area contributed by atoms with E-state index in [0.717, 1.165) is 36.8 Å². The van der Waals surface area contributed by atoms with Crippen LogP contribution in [0.3, 0.4) is 0 Å². The summed E-state index contributed by atoms with van der Waals surface area (Å²) in [7, 11) is 1.40. The predicted molar refractivity (Wildman–Crippen MR) is 109 cm³/mol. The molecule has 0 aliphatic carbocycles. The highest BCUT2D eigenvalue weighted by molar-refractivity contribution is 7.86. The molecule has 0 bridgehead atoms. The number of hydrogen-bond donors (Lipinski definition) is 0. The smallest absolute Gasteiger partial charge is 0.282 e. The Balaban J connectivity index is 1.84. The number of ether oxygens (including phenoxy) is 3. The maximum absolute atomic E-state index is 13.0. The third-order valence-electron chi connectivity index (χ3n) is 5.43. The van der Waals surface area contributed by atoms with Crippen LogP contribution in [0, 0.1) is 0 Å². The number of benzene rings is 1. The van der Waals surface area contributed by atoms with Gasteiger partial charge >= 0.3 is 0 Å². The standard InChI is InChI=1S/C20H30N2O5S/c1-25-17-14-18(26-2)20(19(15-17)27-3)16-8-12-22(13-9-16)28(23,24)21-10-6-4-5-7-11-21/h8,14-15H,4-7,9-13H2,1-3H3. The van der Waals surface area contributed by atoms with Crippen molar-refractivity contribution in [2.24, 2.45) is 0 Å². The Morgan fingerprint density at radius 1 is 0.821 bits per heavy atom. The fourth-order valence-electron chi connectivity index (χ4n) is 3.84. The summed E-state index contributed by atoms with van der Waals surface area (Å²) in [6, 6.07) is 3.64. The fraction of sp³-hybridized carbons (Fsp3) is 0.600. The van der Waals surface area contributed by atoms with E-state index in [-0.39, 0.29) is 0 Å². The molecule has 0 amide bonds. The van der Waals surface area contributed by atoms with Gasteiger partial charge in [-0.25, -0.2) is 0 Å². The molecule has 0 atom stereocenters. The third kappa shape index (κ3) is 4.29. The Hall–Kier alpha value is -1.77. The number of hydrogen-bond acceptors (Lipinski definition) is 5. The summed E-state index contributed by atoms with van der Waals surface area (Å²) in [5, 5.41) is 0. The largest absolute Gasteiger partial charge is 0.496 e. The molecule has 1 aromatic rings. The predicted octanol–water partition coefficient (Wildman–Crippen LogP) is 2.92. The Morgan fingerprint density at radius 3 is 1.89 bits per heavy atom. The lowest BCUT2D eigenvalue weighted by Crippen LogP contribution is -2.45. The fourth-order valence-corrected chi connectivity index (χ4v) is 5.48. The van der Waals surface area contributed by atoms with Crippen molar-refractivity contribution in [3.05, 3.63) is 23.8 Å². The van der Waals surface area contributed by atoms with Crippen molar-refractivity contribution in [1.29, 1.82) is 0 Å². The van der Waals surface area contributed by atoms with Gasteiger partial charge in [0.2, 0.25) is 0 Å². The molecule has 0 unspecified atom stereocenters. The second kappa shape index (κ2) is 9.15. The van der Waals surface area contributed by atoms with Gasteiger partial charge in [-0.15, -0.1) is 0 Å². The molecule has 1 saturated heterocycles. The van der Waals surface area contributed by atoms with Gasteiger partial charge in [-0.2, -0.15) is 17.0 Å². The third-order valence-corrected chi connectivity index (χ3v) is 7.43. The summed E-state index contributed by atoms with van der Waals surface area (Å²) in [5.74, 6) is 1.97. The topological polar surface area (TPSA) is 68.3 Å². The molecule has 2 aliphatic heterocycles. The molecule has 3 rings (SSSR count). The van der Waals surface area contributed by atoms with Crippen molar-refractivity contribution in [2.45, 2.75) is 32.1 Å². The van der Waals surface area contributed by atoms with E-state index in [0.29, 0.717) is 49.8 Å². The average molecular weight is 411 g/mol.